The summed E-state index contributed by atoms with van der Waals surface area (Å²) < 4.78 is 24.8. The van der Waals surface area contributed by atoms with Gasteiger partial charge >= 0.3 is 0 Å². The summed E-state index contributed by atoms with van der Waals surface area (Å²) in [5.74, 6) is -0.205. The summed E-state index contributed by atoms with van der Waals surface area (Å²) in [6, 6.07) is 21.6. The third kappa shape index (κ3) is 7.07. The third-order valence-electron chi connectivity index (χ3n) is 5.06. The second-order valence-electron chi connectivity index (χ2n) is 7.50. The van der Waals surface area contributed by atoms with Gasteiger partial charge in [0.15, 0.2) is 11.6 Å². The Morgan fingerprint density at radius 3 is 2.12 bits per heavy atom. The van der Waals surface area contributed by atoms with Gasteiger partial charge in [-0.15, -0.1) is 0 Å². The molecule has 0 saturated heterocycles. The highest BCUT2D eigenvalue weighted by molar-refractivity contribution is 5.79. The first-order chi connectivity index (χ1) is 16.0. The van der Waals surface area contributed by atoms with E-state index in [1.54, 1.807) is 31.4 Å². The molecular formula is C26H27FN2O4. The fourth-order valence-electron chi connectivity index (χ4n) is 3.41. The summed E-state index contributed by atoms with van der Waals surface area (Å²) in [4.78, 5) is 24.7. The first-order valence-electron chi connectivity index (χ1n) is 10.6. The lowest BCUT2D eigenvalue weighted by atomic mass is 10.0. The smallest absolute Gasteiger partial charge is 0.223 e. The molecule has 2 unspecified atom stereocenters. The largest absolute Gasteiger partial charge is 0.497 e. The lowest BCUT2D eigenvalue weighted by Gasteiger charge is -2.23. The molecule has 0 saturated carbocycles. The molecule has 3 rings (SSSR count). The van der Waals surface area contributed by atoms with Crippen LogP contribution in [0, 0.1) is 5.82 Å². The molecule has 7 heteroatoms. The van der Waals surface area contributed by atoms with Gasteiger partial charge in [0.05, 0.1) is 25.6 Å². The fourth-order valence-corrected chi connectivity index (χ4v) is 3.41. The molecular weight excluding hydrogens is 423 g/mol. The van der Waals surface area contributed by atoms with Crippen molar-refractivity contribution < 1.29 is 23.5 Å². The van der Waals surface area contributed by atoms with E-state index in [1.807, 2.05) is 42.5 Å². The number of nitrogens with one attached hydrogen (secondary N) is 2. The van der Waals surface area contributed by atoms with Crippen LogP contribution in [0.5, 0.6) is 11.5 Å². The first kappa shape index (κ1) is 23.8. The van der Waals surface area contributed by atoms with E-state index in [0.29, 0.717) is 5.75 Å². The number of ether oxygens (including phenoxy) is 2. The number of carbonyl (C=O) groups is 2. The Balaban J connectivity index is 1.73. The summed E-state index contributed by atoms with van der Waals surface area (Å²) in [6.07, 6.45) is 0.0228. The molecule has 0 aliphatic heterocycles. The van der Waals surface area contributed by atoms with Crippen LogP contribution in [0.4, 0.5) is 4.39 Å². The molecule has 0 aliphatic carbocycles. The van der Waals surface area contributed by atoms with Crippen molar-refractivity contribution in [3.63, 3.8) is 0 Å². The van der Waals surface area contributed by atoms with Crippen molar-refractivity contribution in [3.05, 3.63) is 95.8 Å². The number of methoxy groups -OCH3 is 1. The average molecular weight is 451 g/mol. The van der Waals surface area contributed by atoms with Crippen molar-refractivity contribution >= 4 is 11.8 Å². The van der Waals surface area contributed by atoms with Crippen molar-refractivity contribution in [2.75, 3.05) is 13.7 Å². The van der Waals surface area contributed by atoms with Crippen LogP contribution in [0.15, 0.2) is 78.9 Å². The van der Waals surface area contributed by atoms with Gasteiger partial charge in [-0.1, -0.05) is 54.6 Å². The standard InChI is InChI=1S/C26H27FN2O4/c1-18(30)28-23(20-12-14-21(32-2)15-13-20)16-26(31)29-24(19-8-4-3-5-9-19)17-33-25-11-7-6-10-22(25)27/h3-15,23-24H,16-17H2,1-2H3,(H,28,30)(H,29,31). The van der Waals surface area contributed by atoms with Crippen molar-refractivity contribution in [1.29, 1.82) is 0 Å². The molecule has 0 fully saturated rings. The summed E-state index contributed by atoms with van der Waals surface area (Å²) in [6.45, 7) is 1.45. The van der Waals surface area contributed by atoms with Crippen molar-refractivity contribution in [1.82, 2.24) is 10.6 Å². The van der Waals surface area contributed by atoms with Gasteiger partial charge in [-0.05, 0) is 35.4 Å². The topological polar surface area (TPSA) is 76.7 Å². The predicted octanol–water partition coefficient (Wildman–Crippen LogP) is 4.34. The van der Waals surface area contributed by atoms with E-state index in [1.165, 1.54) is 19.1 Å². The number of amides is 2. The predicted molar refractivity (Wildman–Crippen MR) is 123 cm³/mol. The van der Waals surface area contributed by atoms with Gasteiger partial charge in [-0.25, -0.2) is 4.39 Å². The molecule has 3 aromatic carbocycles. The second-order valence-corrected chi connectivity index (χ2v) is 7.50. The minimum absolute atomic E-state index is 0.0228. The lowest BCUT2D eigenvalue weighted by Crippen LogP contribution is -2.36. The fraction of sp³-hybridized carbons (Fsp3) is 0.231. The Labute approximate surface area is 192 Å². The summed E-state index contributed by atoms with van der Waals surface area (Å²) >= 11 is 0. The second kappa shape index (κ2) is 11.7. The maximum atomic E-state index is 14.0. The Bertz CT molecular complexity index is 1060. The summed E-state index contributed by atoms with van der Waals surface area (Å²) in [5.41, 5.74) is 1.60. The van der Waals surface area contributed by atoms with Crippen LogP contribution in [0.1, 0.15) is 36.6 Å². The molecule has 0 bridgehead atoms. The van der Waals surface area contributed by atoms with E-state index in [0.717, 1.165) is 11.1 Å². The van der Waals surface area contributed by atoms with Crippen LogP contribution in [0.2, 0.25) is 0 Å². The molecule has 2 N–H and O–H groups in total. The monoisotopic (exact) mass is 450 g/mol. The van der Waals surface area contributed by atoms with E-state index in [4.69, 9.17) is 9.47 Å². The van der Waals surface area contributed by atoms with Gasteiger partial charge in [-0.2, -0.15) is 0 Å². The Morgan fingerprint density at radius 1 is 0.848 bits per heavy atom. The quantitative estimate of drug-likeness (QED) is 0.482. The number of para-hydroxylation sites is 1. The minimum atomic E-state index is -0.516. The zero-order valence-electron chi connectivity index (χ0n) is 18.6. The van der Waals surface area contributed by atoms with E-state index in [-0.39, 0.29) is 30.6 Å². The van der Waals surface area contributed by atoms with E-state index >= 15 is 0 Å². The number of hydrogen-bond acceptors (Lipinski definition) is 4. The molecule has 2 amide bonds. The van der Waals surface area contributed by atoms with Crippen LogP contribution in [0.3, 0.4) is 0 Å². The van der Waals surface area contributed by atoms with E-state index in [9.17, 15) is 14.0 Å². The van der Waals surface area contributed by atoms with Crippen LogP contribution in [-0.4, -0.2) is 25.5 Å². The Morgan fingerprint density at radius 2 is 1.48 bits per heavy atom. The molecule has 0 aliphatic rings. The molecule has 0 aromatic heterocycles. The van der Waals surface area contributed by atoms with Crippen molar-refractivity contribution in [2.24, 2.45) is 0 Å². The zero-order valence-corrected chi connectivity index (χ0v) is 18.6. The van der Waals surface area contributed by atoms with Crippen molar-refractivity contribution in [3.8, 4) is 11.5 Å². The molecule has 0 spiro atoms. The summed E-state index contributed by atoms with van der Waals surface area (Å²) in [5, 5.41) is 5.78. The lowest BCUT2D eigenvalue weighted by molar-refractivity contribution is -0.123. The number of benzene rings is 3. The maximum Gasteiger partial charge on any atom is 0.223 e. The van der Waals surface area contributed by atoms with Gasteiger partial charge in [0.25, 0.3) is 0 Å². The van der Waals surface area contributed by atoms with Crippen LogP contribution in [0.25, 0.3) is 0 Å². The van der Waals surface area contributed by atoms with Crippen LogP contribution < -0.4 is 20.1 Å². The highest BCUT2D eigenvalue weighted by Crippen LogP contribution is 2.23. The molecule has 172 valence electrons. The van der Waals surface area contributed by atoms with Gasteiger partial charge in [-0.3, -0.25) is 9.59 Å². The Hall–Kier alpha value is -3.87. The highest BCUT2D eigenvalue weighted by Gasteiger charge is 2.21. The minimum Gasteiger partial charge on any atom is -0.497 e. The molecule has 33 heavy (non-hydrogen) atoms. The Kier molecular flexibility index (Phi) is 8.41. The number of halogens is 1. The SMILES string of the molecule is COc1ccc(C(CC(=O)NC(COc2ccccc2F)c2ccccc2)NC(C)=O)cc1. The summed E-state index contributed by atoms with van der Waals surface area (Å²) in [7, 11) is 1.57. The van der Waals surface area contributed by atoms with Crippen LogP contribution in [-0.2, 0) is 9.59 Å². The highest BCUT2D eigenvalue weighted by atomic mass is 19.1. The normalized spacial score (nSPS) is 12.3. The van der Waals surface area contributed by atoms with Gasteiger partial charge in [0.2, 0.25) is 11.8 Å². The molecule has 2 atom stereocenters. The average Bonchev–Trinajstić information content (AvgIpc) is 2.82. The van der Waals surface area contributed by atoms with Crippen LogP contribution >= 0.6 is 0 Å². The first-order valence-corrected chi connectivity index (χ1v) is 10.6. The molecule has 0 heterocycles. The number of hydrogen-bond donors (Lipinski definition) is 2. The number of carbonyl (C=O) groups excluding carboxylic acids is 2. The van der Waals surface area contributed by atoms with E-state index in [2.05, 4.69) is 10.6 Å². The molecule has 0 radical (unpaired) electrons. The van der Waals surface area contributed by atoms with Gasteiger partial charge in [0.1, 0.15) is 12.4 Å². The zero-order chi connectivity index (χ0) is 23.6. The van der Waals surface area contributed by atoms with E-state index < -0.39 is 17.9 Å². The van der Waals surface area contributed by atoms with Gasteiger partial charge < -0.3 is 20.1 Å². The molecule has 3 aromatic rings. The van der Waals surface area contributed by atoms with Crippen molar-refractivity contribution in [2.45, 2.75) is 25.4 Å². The third-order valence-corrected chi connectivity index (χ3v) is 5.06. The maximum absolute atomic E-state index is 14.0. The number of rotatable bonds is 10. The van der Waals surface area contributed by atoms with Gasteiger partial charge in [0, 0.05) is 6.92 Å². The molecule has 6 nitrogen and oxygen atoms in total.